The largest absolute Gasteiger partial charge is 0.355 e. The molecule has 0 fully saturated rings. The molecule has 0 bridgehead atoms. The second-order valence-electron chi connectivity index (χ2n) is 6.58. The summed E-state index contributed by atoms with van der Waals surface area (Å²) in [5.74, 6) is 0.922. The van der Waals surface area contributed by atoms with Gasteiger partial charge in [-0.1, -0.05) is 0 Å². The van der Waals surface area contributed by atoms with Crippen LogP contribution in [0.15, 0.2) is 21.8 Å². The quantitative estimate of drug-likeness (QED) is 0.643. The normalized spacial score (nSPS) is 16.6. The molecule has 0 aromatic carbocycles. The number of hydrogen-bond acceptors (Lipinski definition) is 5. The minimum atomic E-state index is 0.472. The van der Waals surface area contributed by atoms with Crippen LogP contribution in [-0.4, -0.2) is 54.0 Å². The van der Waals surface area contributed by atoms with Crippen LogP contribution in [0.25, 0.3) is 0 Å². The molecule has 0 saturated carbocycles. The molecular weight excluding hydrogens is 350 g/mol. The average molecular weight is 378 g/mol. The van der Waals surface area contributed by atoms with E-state index in [0.717, 1.165) is 42.8 Å². The number of nitrogens with one attached hydrogen (secondary N) is 1. The van der Waals surface area contributed by atoms with Gasteiger partial charge in [-0.25, -0.2) is 4.98 Å². The number of rotatable bonds is 5. The lowest BCUT2D eigenvalue weighted by Gasteiger charge is -2.33. The van der Waals surface area contributed by atoms with Gasteiger partial charge in [-0.2, -0.15) is 0 Å². The molecule has 7 heteroatoms. The van der Waals surface area contributed by atoms with Crippen molar-refractivity contribution in [3.8, 4) is 0 Å². The monoisotopic (exact) mass is 377 g/mol. The summed E-state index contributed by atoms with van der Waals surface area (Å²) in [6.45, 7) is 8.21. The number of fused-ring (bicyclic) bond motifs is 1. The number of aromatic nitrogens is 1. The zero-order valence-electron chi connectivity index (χ0n) is 15.5. The lowest BCUT2D eigenvalue weighted by Crippen LogP contribution is -2.47. The fourth-order valence-corrected chi connectivity index (χ4v) is 4.69. The molecule has 1 aliphatic rings. The minimum Gasteiger partial charge on any atom is -0.355 e. The predicted octanol–water partition coefficient (Wildman–Crippen LogP) is 2.97. The van der Waals surface area contributed by atoms with E-state index in [1.54, 1.807) is 16.2 Å². The SMILES string of the molecule is CN=C(NCC(C)N1CCc2sccc2C1)N(C)Cc1csc(C)n1. The molecule has 3 heterocycles. The molecule has 0 radical (unpaired) electrons. The first-order valence-electron chi connectivity index (χ1n) is 8.69. The lowest BCUT2D eigenvalue weighted by atomic mass is 10.1. The first kappa shape index (κ1) is 18.4. The highest BCUT2D eigenvalue weighted by molar-refractivity contribution is 7.10. The van der Waals surface area contributed by atoms with Crippen LogP contribution in [0.4, 0.5) is 0 Å². The maximum atomic E-state index is 4.54. The number of aliphatic imine (C=N–C) groups is 1. The highest BCUT2D eigenvalue weighted by Crippen LogP contribution is 2.24. The van der Waals surface area contributed by atoms with E-state index in [9.17, 15) is 0 Å². The van der Waals surface area contributed by atoms with Crippen molar-refractivity contribution in [1.82, 2.24) is 20.1 Å². The maximum absolute atomic E-state index is 4.54. The van der Waals surface area contributed by atoms with Crippen molar-refractivity contribution in [1.29, 1.82) is 0 Å². The Morgan fingerprint density at radius 1 is 1.48 bits per heavy atom. The topological polar surface area (TPSA) is 43.8 Å². The van der Waals surface area contributed by atoms with Crippen LogP contribution >= 0.6 is 22.7 Å². The smallest absolute Gasteiger partial charge is 0.193 e. The van der Waals surface area contributed by atoms with E-state index in [-0.39, 0.29) is 0 Å². The molecule has 3 rings (SSSR count). The van der Waals surface area contributed by atoms with Gasteiger partial charge in [-0.15, -0.1) is 22.7 Å². The number of aryl methyl sites for hydroxylation is 1. The third-order valence-electron chi connectivity index (χ3n) is 4.66. The molecule has 136 valence electrons. The van der Waals surface area contributed by atoms with Crippen LogP contribution in [-0.2, 0) is 19.5 Å². The summed E-state index contributed by atoms with van der Waals surface area (Å²) < 4.78 is 0. The molecule has 1 aliphatic heterocycles. The molecule has 0 amide bonds. The highest BCUT2D eigenvalue weighted by atomic mass is 32.1. The Kier molecular flexibility index (Phi) is 6.09. The van der Waals surface area contributed by atoms with E-state index in [1.807, 2.05) is 25.3 Å². The highest BCUT2D eigenvalue weighted by Gasteiger charge is 2.21. The number of thiophene rings is 1. The number of nitrogens with zero attached hydrogens (tertiary/aromatic N) is 4. The molecule has 0 spiro atoms. The van der Waals surface area contributed by atoms with Crippen molar-refractivity contribution in [3.63, 3.8) is 0 Å². The summed E-state index contributed by atoms with van der Waals surface area (Å²) in [5, 5.41) is 8.97. The molecule has 1 unspecified atom stereocenters. The van der Waals surface area contributed by atoms with Crippen LogP contribution in [0, 0.1) is 6.92 Å². The van der Waals surface area contributed by atoms with Crippen molar-refractivity contribution in [3.05, 3.63) is 38.0 Å². The maximum Gasteiger partial charge on any atom is 0.193 e. The van der Waals surface area contributed by atoms with E-state index < -0.39 is 0 Å². The number of thiazole rings is 1. The molecular formula is C18H27N5S2. The number of guanidine groups is 1. The first-order chi connectivity index (χ1) is 12.1. The van der Waals surface area contributed by atoms with E-state index in [4.69, 9.17) is 0 Å². The molecule has 0 aliphatic carbocycles. The summed E-state index contributed by atoms with van der Waals surface area (Å²) in [5.41, 5.74) is 2.60. The number of hydrogen-bond donors (Lipinski definition) is 1. The molecule has 0 saturated heterocycles. The fraction of sp³-hybridized carbons (Fsp3) is 0.556. The Hall–Kier alpha value is -1.44. The van der Waals surface area contributed by atoms with Crippen LogP contribution in [0.5, 0.6) is 0 Å². The van der Waals surface area contributed by atoms with Gasteiger partial charge in [0, 0.05) is 50.0 Å². The van der Waals surface area contributed by atoms with Crippen LogP contribution < -0.4 is 5.32 Å². The second-order valence-corrected chi connectivity index (χ2v) is 8.64. The van der Waals surface area contributed by atoms with E-state index >= 15 is 0 Å². The lowest BCUT2D eigenvalue weighted by molar-refractivity contribution is 0.192. The van der Waals surface area contributed by atoms with Gasteiger partial charge in [0.15, 0.2) is 5.96 Å². The van der Waals surface area contributed by atoms with Crippen molar-refractivity contribution in [2.75, 3.05) is 27.2 Å². The standard InChI is InChI=1S/C18H27N5S2/c1-13(23-7-5-17-15(10-23)6-8-24-17)9-20-18(19-3)22(4)11-16-12-25-14(2)21-16/h6,8,12-13H,5,7,9-11H2,1-4H3,(H,19,20). The zero-order chi connectivity index (χ0) is 17.8. The van der Waals surface area contributed by atoms with E-state index in [0.29, 0.717) is 6.04 Å². The minimum absolute atomic E-state index is 0.472. The van der Waals surface area contributed by atoms with Gasteiger partial charge >= 0.3 is 0 Å². The second kappa shape index (κ2) is 8.29. The fourth-order valence-electron chi connectivity index (χ4n) is 3.20. The zero-order valence-corrected chi connectivity index (χ0v) is 17.1. The van der Waals surface area contributed by atoms with Crippen LogP contribution in [0.1, 0.15) is 28.1 Å². The summed E-state index contributed by atoms with van der Waals surface area (Å²) in [6, 6.07) is 2.74. The Labute approximate surface area is 158 Å². The third kappa shape index (κ3) is 4.59. The molecule has 1 atom stereocenters. The Morgan fingerprint density at radius 2 is 2.32 bits per heavy atom. The summed E-state index contributed by atoms with van der Waals surface area (Å²) in [7, 11) is 3.90. The van der Waals surface area contributed by atoms with Gasteiger partial charge in [-0.05, 0) is 37.3 Å². The molecule has 2 aromatic heterocycles. The Balaban J connectivity index is 1.50. The van der Waals surface area contributed by atoms with Crippen LogP contribution in [0.3, 0.4) is 0 Å². The first-order valence-corrected chi connectivity index (χ1v) is 10.4. The van der Waals surface area contributed by atoms with Gasteiger partial charge in [0.25, 0.3) is 0 Å². The summed E-state index contributed by atoms with van der Waals surface area (Å²) in [4.78, 5) is 15.2. The molecule has 1 N–H and O–H groups in total. The van der Waals surface area contributed by atoms with E-state index in [2.05, 4.69) is 55.9 Å². The molecule has 2 aromatic rings. The van der Waals surface area contributed by atoms with Gasteiger partial charge in [-0.3, -0.25) is 9.89 Å². The molecule has 25 heavy (non-hydrogen) atoms. The van der Waals surface area contributed by atoms with Crippen molar-refractivity contribution in [2.24, 2.45) is 4.99 Å². The Morgan fingerprint density at radius 3 is 3.04 bits per heavy atom. The molecule has 5 nitrogen and oxygen atoms in total. The van der Waals surface area contributed by atoms with Crippen LogP contribution in [0.2, 0.25) is 0 Å². The summed E-state index contributed by atoms with van der Waals surface area (Å²) in [6.07, 6.45) is 1.18. The van der Waals surface area contributed by atoms with Crippen molar-refractivity contribution < 1.29 is 0 Å². The van der Waals surface area contributed by atoms with Gasteiger partial charge < -0.3 is 10.2 Å². The van der Waals surface area contributed by atoms with Crippen molar-refractivity contribution in [2.45, 2.75) is 39.4 Å². The van der Waals surface area contributed by atoms with Crippen molar-refractivity contribution >= 4 is 28.6 Å². The third-order valence-corrected chi connectivity index (χ3v) is 6.50. The van der Waals surface area contributed by atoms with E-state index in [1.165, 1.54) is 12.0 Å². The van der Waals surface area contributed by atoms with Gasteiger partial charge in [0.2, 0.25) is 0 Å². The summed E-state index contributed by atoms with van der Waals surface area (Å²) >= 11 is 3.59. The van der Waals surface area contributed by atoms with Gasteiger partial charge in [0.05, 0.1) is 17.2 Å². The average Bonchev–Trinajstić information content (AvgIpc) is 3.23. The Bertz CT molecular complexity index is 721. The van der Waals surface area contributed by atoms with Gasteiger partial charge in [0.1, 0.15) is 0 Å². The predicted molar refractivity (Wildman–Crippen MR) is 108 cm³/mol.